The summed E-state index contributed by atoms with van der Waals surface area (Å²) in [5.41, 5.74) is 3.49. The molecule has 0 radical (unpaired) electrons. The van der Waals surface area contributed by atoms with Crippen molar-refractivity contribution in [2.45, 2.75) is 49.6 Å². The minimum atomic E-state index is -3.58. The number of ketones is 1. The lowest BCUT2D eigenvalue weighted by atomic mass is 10.0. The van der Waals surface area contributed by atoms with E-state index in [1.807, 2.05) is 19.1 Å². The number of aromatic nitrogens is 1. The van der Waals surface area contributed by atoms with Crippen LogP contribution in [0.4, 0.5) is 16.2 Å². The Bertz CT molecular complexity index is 2330. The third-order valence-electron chi connectivity index (χ3n) is 8.74. The Morgan fingerprint density at radius 3 is 2.38 bits per heavy atom. The van der Waals surface area contributed by atoms with Gasteiger partial charge in [0.05, 0.1) is 15.6 Å². The van der Waals surface area contributed by atoms with Gasteiger partial charge in [0.2, 0.25) is 17.8 Å². The second-order valence-electron chi connectivity index (χ2n) is 12.4. The highest BCUT2D eigenvalue weighted by Gasteiger charge is 2.37. The van der Waals surface area contributed by atoms with Crippen molar-refractivity contribution in [3.05, 3.63) is 119 Å². The van der Waals surface area contributed by atoms with Crippen molar-refractivity contribution in [2.75, 3.05) is 16.5 Å². The molecule has 5 aromatic rings. The molecule has 1 N–H and O–H groups in total. The number of nitrogens with one attached hydrogen (secondary N) is 1. The molecule has 1 atom stereocenters. The summed E-state index contributed by atoms with van der Waals surface area (Å²) in [6.45, 7) is 1.84. The summed E-state index contributed by atoms with van der Waals surface area (Å²) in [6, 6.07) is 26.1. The van der Waals surface area contributed by atoms with Gasteiger partial charge >= 0.3 is 6.09 Å². The average Bonchev–Trinajstić information content (AvgIpc) is 3.82. The fourth-order valence-electron chi connectivity index (χ4n) is 6.05. The van der Waals surface area contributed by atoms with Crippen LogP contribution in [0, 0.1) is 18.3 Å². The Balaban J connectivity index is 1.30. The SMILES string of the molecule is Cc1cc(N(C(=O)OC(C(=O)Nc2ccc(S(C)(=O)=O)cc2Cl)C(=O)c2ccccc2)C2CCCC2)ccc1/C=C(\C#N)c1nc2ccccc2o1. The fourth-order valence-corrected chi connectivity index (χ4v) is 6.99. The van der Waals surface area contributed by atoms with E-state index in [1.54, 1.807) is 54.6 Å². The predicted octanol–water partition coefficient (Wildman–Crippen LogP) is 8.03. The summed E-state index contributed by atoms with van der Waals surface area (Å²) in [6.07, 6.45) is 2.97. The number of aryl methyl sites for hydroxylation is 1. The van der Waals surface area contributed by atoms with Gasteiger partial charge in [-0.25, -0.2) is 18.2 Å². The molecule has 1 unspecified atom stereocenters. The minimum Gasteiger partial charge on any atom is -0.435 e. The summed E-state index contributed by atoms with van der Waals surface area (Å²) >= 11 is 6.31. The van der Waals surface area contributed by atoms with Crippen LogP contribution in [0.15, 0.2) is 100 Å². The zero-order valence-corrected chi connectivity index (χ0v) is 29.8. The largest absolute Gasteiger partial charge is 0.435 e. The number of hydrogen-bond donors (Lipinski definition) is 1. The number of allylic oxidation sites excluding steroid dienone is 1. The van der Waals surface area contributed by atoms with Crippen molar-refractivity contribution in [1.82, 2.24) is 4.98 Å². The van der Waals surface area contributed by atoms with Crippen molar-refractivity contribution in [1.29, 1.82) is 5.26 Å². The Labute approximate surface area is 305 Å². The van der Waals surface area contributed by atoms with Crippen molar-refractivity contribution in [2.24, 2.45) is 0 Å². The summed E-state index contributed by atoms with van der Waals surface area (Å²) in [4.78, 5) is 47.5. The van der Waals surface area contributed by atoms with E-state index in [4.69, 9.17) is 20.8 Å². The Morgan fingerprint density at radius 1 is 1.02 bits per heavy atom. The molecule has 1 saturated carbocycles. The molecule has 11 nitrogen and oxygen atoms in total. The molecule has 1 heterocycles. The highest BCUT2D eigenvalue weighted by atomic mass is 35.5. The summed E-state index contributed by atoms with van der Waals surface area (Å²) in [7, 11) is -3.58. The van der Waals surface area contributed by atoms with Crippen LogP contribution in [0.2, 0.25) is 5.02 Å². The van der Waals surface area contributed by atoms with Crippen LogP contribution in [-0.2, 0) is 19.4 Å². The van der Waals surface area contributed by atoms with Crippen molar-refractivity contribution < 1.29 is 32.0 Å². The molecule has 1 aromatic heterocycles. The van der Waals surface area contributed by atoms with E-state index >= 15 is 0 Å². The minimum absolute atomic E-state index is 0.0301. The van der Waals surface area contributed by atoms with Crippen LogP contribution >= 0.6 is 11.6 Å². The number of rotatable bonds is 10. The van der Waals surface area contributed by atoms with E-state index < -0.39 is 33.7 Å². The molecule has 6 rings (SSSR count). The first kappa shape index (κ1) is 36.0. The standard InChI is InChI=1S/C39H33ClN4O7S/c1-24-20-29(17-16-26(24)21-27(23-41)38-43-33-14-8-9-15-34(33)50-38)44(28-12-6-7-13-28)39(47)51-36(35(45)25-10-4-3-5-11-25)37(46)42-32-19-18-30(22-31(32)40)52(2,48)49/h3-5,8-11,14-22,28,36H,6-7,12-13H2,1-2H3,(H,42,46)/b27-21+. The van der Waals surface area contributed by atoms with Crippen LogP contribution in [0.1, 0.15) is 53.1 Å². The number of amides is 2. The number of carbonyl (C=O) groups is 3. The van der Waals surface area contributed by atoms with E-state index in [1.165, 1.54) is 35.2 Å². The maximum absolute atomic E-state index is 14.1. The van der Waals surface area contributed by atoms with E-state index in [-0.39, 0.29) is 38.7 Å². The van der Waals surface area contributed by atoms with Gasteiger partial charge in [-0.3, -0.25) is 14.5 Å². The molecule has 1 fully saturated rings. The first-order chi connectivity index (χ1) is 24.9. The molecule has 1 aliphatic rings. The number of oxazole rings is 1. The third kappa shape index (κ3) is 7.91. The zero-order chi connectivity index (χ0) is 37.0. The number of anilines is 2. The molecule has 264 valence electrons. The lowest BCUT2D eigenvalue weighted by Gasteiger charge is -2.30. The normalized spacial score (nSPS) is 14.1. The van der Waals surface area contributed by atoms with Crippen LogP contribution in [0.5, 0.6) is 0 Å². The van der Waals surface area contributed by atoms with Crippen molar-refractivity contribution >= 4 is 73.3 Å². The summed E-state index contributed by atoms with van der Waals surface area (Å²) in [5, 5.41) is 12.4. The van der Waals surface area contributed by atoms with Gasteiger partial charge in [-0.15, -0.1) is 0 Å². The quantitative estimate of drug-likeness (QED) is 0.0850. The van der Waals surface area contributed by atoms with Crippen molar-refractivity contribution in [3.8, 4) is 6.07 Å². The Hall–Kier alpha value is -5.77. The number of halogens is 1. The number of nitrogens with zero attached hydrogens (tertiary/aromatic N) is 3. The van der Waals surface area contributed by atoms with E-state index in [0.29, 0.717) is 35.2 Å². The fraction of sp³-hybridized carbons (Fsp3) is 0.205. The number of nitriles is 1. The van der Waals surface area contributed by atoms with Gasteiger partial charge in [0, 0.05) is 23.5 Å². The van der Waals surface area contributed by atoms with Crippen LogP contribution < -0.4 is 10.2 Å². The smallest absolute Gasteiger partial charge is 0.415 e. The lowest BCUT2D eigenvalue weighted by Crippen LogP contribution is -2.46. The topological polar surface area (TPSA) is 160 Å². The number of sulfone groups is 1. The second kappa shape index (κ2) is 15.2. The molecule has 0 bridgehead atoms. The highest BCUT2D eigenvalue weighted by molar-refractivity contribution is 7.90. The highest BCUT2D eigenvalue weighted by Crippen LogP contribution is 2.32. The summed E-state index contributed by atoms with van der Waals surface area (Å²) in [5.74, 6) is -1.55. The molecular formula is C39H33ClN4O7S. The number of para-hydroxylation sites is 2. The van der Waals surface area contributed by atoms with Gasteiger partial charge in [0.15, 0.2) is 15.4 Å². The molecule has 2 amide bonds. The Morgan fingerprint density at radius 2 is 1.73 bits per heavy atom. The van der Waals surface area contributed by atoms with Gasteiger partial charge in [-0.1, -0.05) is 73.0 Å². The third-order valence-corrected chi connectivity index (χ3v) is 10.2. The number of hydrogen-bond acceptors (Lipinski definition) is 9. The molecular weight excluding hydrogens is 704 g/mol. The van der Waals surface area contributed by atoms with Gasteiger partial charge < -0.3 is 14.5 Å². The molecule has 0 spiro atoms. The number of ether oxygens (including phenoxy) is 1. The Kier molecular flexibility index (Phi) is 10.6. The average molecular weight is 737 g/mol. The van der Waals surface area contributed by atoms with E-state index in [0.717, 1.165) is 24.7 Å². The van der Waals surface area contributed by atoms with E-state index in [9.17, 15) is 28.1 Å². The van der Waals surface area contributed by atoms with Gasteiger partial charge in [-0.05, 0) is 79.4 Å². The zero-order valence-electron chi connectivity index (χ0n) is 28.2. The number of benzene rings is 4. The molecule has 1 aliphatic carbocycles. The maximum Gasteiger partial charge on any atom is 0.415 e. The molecule has 4 aromatic carbocycles. The second-order valence-corrected chi connectivity index (χ2v) is 14.8. The van der Waals surface area contributed by atoms with Gasteiger partial charge in [0.1, 0.15) is 17.2 Å². The first-order valence-corrected chi connectivity index (χ1v) is 18.7. The van der Waals surface area contributed by atoms with Gasteiger partial charge in [0.25, 0.3) is 5.91 Å². The van der Waals surface area contributed by atoms with Crippen LogP contribution in [0.25, 0.3) is 22.7 Å². The molecule has 13 heteroatoms. The van der Waals surface area contributed by atoms with Gasteiger partial charge in [-0.2, -0.15) is 5.26 Å². The van der Waals surface area contributed by atoms with E-state index in [2.05, 4.69) is 16.4 Å². The molecule has 0 aliphatic heterocycles. The van der Waals surface area contributed by atoms with Crippen LogP contribution in [-0.4, -0.2) is 49.6 Å². The number of fused-ring (bicyclic) bond motifs is 1. The number of carbonyl (C=O) groups excluding carboxylic acids is 3. The lowest BCUT2D eigenvalue weighted by molar-refractivity contribution is -0.122. The monoisotopic (exact) mass is 736 g/mol. The molecule has 0 saturated heterocycles. The maximum atomic E-state index is 14.1. The summed E-state index contributed by atoms with van der Waals surface area (Å²) < 4.78 is 35.6. The first-order valence-electron chi connectivity index (χ1n) is 16.4. The predicted molar refractivity (Wildman–Crippen MR) is 198 cm³/mol. The molecule has 52 heavy (non-hydrogen) atoms. The van der Waals surface area contributed by atoms with Crippen molar-refractivity contribution in [3.63, 3.8) is 0 Å². The number of Topliss-reactive ketones (excluding diaryl/α,β-unsaturated/α-hetero) is 1. The van der Waals surface area contributed by atoms with Crippen LogP contribution in [0.3, 0.4) is 0 Å².